The summed E-state index contributed by atoms with van der Waals surface area (Å²) in [6.45, 7) is 10.2. The van der Waals surface area contributed by atoms with Crippen LogP contribution in [0.4, 0.5) is 13.2 Å². The van der Waals surface area contributed by atoms with Gasteiger partial charge in [-0.25, -0.2) is 15.6 Å². The van der Waals surface area contributed by atoms with Crippen molar-refractivity contribution in [2.75, 3.05) is 6.61 Å². The number of aliphatic hydroxyl groups is 1. The van der Waals surface area contributed by atoms with Gasteiger partial charge in [0.2, 0.25) is 5.66 Å². The number of alkyl halides is 3. The molecule has 3 unspecified atom stereocenters. The number of ether oxygens (including phenoxy) is 1. The van der Waals surface area contributed by atoms with Crippen LogP contribution < -0.4 is 10.9 Å². The molecule has 3 aliphatic carbocycles. The number of carbonyl (C=O) groups excluding carboxylic acids is 1. The third-order valence-electron chi connectivity index (χ3n) is 8.21. The second-order valence-corrected chi connectivity index (χ2v) is 12.6. The molecule has 36 heavy (non-hydrogen) atoms. The standard InChI is InChI=1S/C26H35BrF3N3O3/c1-14(2)13-36-22(34)19(31-21-12-16-11-20(23(16,3)4)24(21,5)35)7-6-15-8-17(10-18(27)9-15)25(32-33-25)26(28,29)30/h8-10,14,16,19-20,32-33,35H,6-7,11-13H2,1-5H3/t16?,19-,20?,24?/m0/s1. The van der Waals surface area contributed by atoms with E-state index >= 15 is 0 Å². The highest BCUT2D eigenvalue weighted by atomic mass is 79.9. The molecule has 200 valence electrons. The highest BCUT2D eigenvalue weighted by Crippen LogP contribution is 2.61. The van der Waals surface area contributed by atoms with Crippen molar-refractivity contribution in [2.45, 2.75) is 83.8 Å². The quantitative estimate of drug-likeness (QED) is 0.299. The fraction of sp³-hybridized carbons (Fsp3) is 0.692. The molecule has 6 nitrogen and oxygen atoms in total. The Kier molecular flexibility index (Phi) is 7.16. The van der Waals surface area contributed by atoms with Crippen molar-refractivity contribution in [1.29, 1.82) is 0 Å². The molecular weight excluding hydrogens is 539 g/mol. The molecule has 10 heteroatoms. The molecule has 5 rings (SSSR count). The van der Waals surface area contributed by atoms with E-state index in [2.05, 4.69) is 40.6 Å². The predicted octanol–water partition coefficient (Wildman–Crippen LogP) is 5.03. The van der Waals surface area contributed by atoms with E-state index < -0.39 is 29.5 Å². The minimum atomic E-state index is -4.51. The van der Waals surface area contributed by atoms with Gasteiger partial charge in [-0.05, 0) is 79.0 Å². The number of halogens is 4. The lowest BCUT2D eigenvalue weighted by atomic mass is 9.44. The van der Waals surface area contributed by atoms with Crippen LogP contribution in [0.2, 0.25) is 0 Å². The molecule has 1 aromatic carbocycles. The zero-order valence-corrected chi connectivity index (χ0v) is 22.9. The van der Waals surface area contributed by atoms with Crippen LogP contribution in [-0.2, 0) is 21.6 Å². The van der Waals surface area contributed by atoms with E-state index in [4.69, 9.17) is 9.73 Å². The van der Waals surface area contributed by atoms with E-state index in [0.717, 1.165) is 6.42 Å². The lowest BCUT2D eigenvalue weighted by molar-refractivity contribution is -0.165. The Labute approximate surface area is 218 Å². The summed E-state index contributed by atoms with van der Waals surface area (Å²) in [5, 5.41) is 11.3. The van der Waals surface area contributed by atoms with Gasteiger partial charge in [0.1, 0.15) is 11.6 Å². The highest BCUT2D eigenvalue weighted by Gasteiger charge is 2.65. The van der Waals surface area contributed by atoms with Crippen LogP contribution in [0.5, 0.6) is 0 Å². The molecule has 4 aliphatic rings. The summed E-state index contributed by atoms with van der Waals surface area (Å²) in [6.07, 6.45) is -2.38. The Hall–Kier alpha value is -1.49. The van der Waals surface area contributed by atoms with E-state index in [-0.39, 0.29) is 35.8 Å². The van der Waals surface area contributed by atoms with Gasteiger partial charge < -0.3 is 9.84 Å². The van der Waals surface area contributed by atoms with Gasteiger partial charge in [0.15, 0.2) is 0 Å². The first kappa shape index (κ1) is 27.5. The van der Waals surface area contributed by atoms with Crippen LogP contribution in [0.15, 0.2) is 27.7 Å². The maximum Gasteiger partial charge on any atom is 0.426 e. The van der Waals surface area contributed by atoms with Crippen molar-refractivity contribution >= 4 is 27.6 Å². The maximum atomic E-state index is 13.6. The molecular formula is C26H35BrF3N3O3. The normalized spacial score (nSPS) is 30.1. The first-order valence-electron chi connectivity index (χ1n) is 12.4. The SMILES string of the molecule is CC(C)COC(=O)[C@H](CCc1cc(Br)cc(C2(C(F)(F)F)NN2)c1)N=C1CC2CC(C1(C)O)C2(C)C. The van der Waals surface area contributed by atoms with Gasteiger partial charge in [-0.3, -0.25) is 4.99 Å². The van der Waals surface area contributed by atoms with Gasteiger partial charge in [0.05, 0.1) is 6.61 Å². The van der Waals surface area contributed by atoms with Crippen molar-refractivity contribution in [3.63, 3.8) is 0 Å². The molecule has 3 N–H and O–H groups in total. The second kappa shape index (κ2) is 9.36. The molecule has 4 atom stereocenters. The van der Waals surface area contributed by atoms with Crippen LogP contribution >= 0.6 is 15.9 Å². The van der Waals surface area contributed by atoms with Gasteiger partial charge >= 0.3 is 12.1 Å². The molecule has 0 amide bonds. The summed E-state index contributed by atoms with van der Waals surface area (Å²) in [6, 6.07) is 3.81. The summed E-state index contributed by atoms with van der Waals surface area (Å²) < 4.78 is 46.8. The first-order chi connectivity index (χ1) is 16.6. The lowest BCUT2D eigenvalue weighted by Gasteiger charge is -2.62. The van der Waals surface area contributed by atoms with Gasteiger partial charge in [-0.1, -0.05) is 49.7 Å². The topological polar surface area (TPSA) is 103 Å². The number of fused-ring (bicyclic) bond motifs is 2. The molecule has 1 saturated heterocycles. The summed E-state index contributed by atoms with van der Waals surface area (Å²) in [5.74, 6) is 0.148. The minimum Gasteiger partial charge on any atom is -0.464 e. The molecule has 3 saturated carbocycles. The summed E-state index contributed by atoms with van der Waals surface area (Å²) in [7, 11) is 0. The lowest BCUT2D eigenvalue weighted by Crippen LogP contribution is -2.65. The third-order valence-corrected chi connectivity index (χ3v) is 8.67. The van der Waals surface area contributed by atoms with Crippen molar-refractivity contribution in [3.8, 4) is 0 Å². The van der Waals surface area contributed by atoms with Crippen LogP contribution in [0.1, 0.15) is 65.0 Å². The van der Waals surface area contributed by atoms with Gasteiger partial charge in [-0.15, -0.1) is 0 Å². The average molecular weight is 574 g/mol. The number of aryl methyl sites for hydroxylation is 1. The van der Waals surface area contributed by atoms with E-state index in [1.165, 1.54) is 12.1 Å². The Bertz CT molecular complexity index is 1050. The van der Waals surface area contributed by atoms with Crippen LogP contribution in [0.3, 0.4) is 0 Å². The fourth-order valence-electron chi connectivity index (χ4n) is 5.74. The zero-order chi connectivity index (χ0) is 26.7. The maximum absolute atomic E-state index is 13.6. The Morgan fingerprint density at radius 3 is 2.44 bits per heavy atom. The minimum absolute atomic E-state index is 0.0161. The first-order valence-corrected chi connectivity index (χ1v) is 13.2. The Morgan fingerprint density at radius 2 is 1.92 bits per heavy atom. The number of nitrogens with zero attached hydrogens (tertiary/aromatic N) is 1. The number of rotatable bonds is 8. The zero-order valence-electron chi connectivity index (χ0n) is 21.3. The number of hydrogen-bond donors (Lipinski definition) is 3. The van der Waals surface area contributed by atoms with Gasteiger partial charge in [0.25, 0.3) is 0 Å². The summed E-state index contributed by atoms with van der Waals surface area (Å²) in [5.41, 5.74) is 2.39. The number of aliphatic imine (C=N–C) groups is 1. The van der Waals surface area contributed by atoms with E-state index in [9.17, 15) is 23.1 Å². The summed E-state index contributed by atoms with van der Waals surface area (Å²) in [4.78, 5) is 17.8. The van der Waals surface area contributed by atoms with E-state index in [1.54, 1.807) is 13.0 Å². The highest BCUT2D eigenvalue weighted by molar-refractivity contribution is 9.10. The number of carbonyl (C=O) groups is 1. The average Bonchev–Trinajstić information content (AvgIpc) is 3.57. The molecule has 1 heterocycles. The van der Waals surface area contributed by atoms with Crippen LogP contribution in [0, 0.1) is 23.2 Å². The molecule has 0 aromatic heterocycles. The predicted molar refractivity (Wildman–Crippen MR) is 134 cm³/mol. The number of esters is 1. The molecule has 4 fully saturated rings. The van der Waals surface area contributed by atoms with Gasteiger partial charge in [0, 0.05) is 10.2 Å². The Balaban J connectivity index is 1.57. The monoisotopic (exact) mass is 573 g/mol. The van der Waals surface area contributed by atoms with Crippen molar-refractivity contribution in [1.82, 2.24) is 10.9 Å². The van der Waals surface area contributed by atoms with Crippen molar-refractivity contribution in [3.05, 3.63) is 33.8 Å². The number of hydrogen-bond acceptors (Lipinski definition) is 6. The Morgan fingerprint density at radius 1 is 1.25 bits per heavy atom. The molecule has 1 aromatic rings. The number of benzene rings is 1. The molecule has 2 bridgehead atoms. The number of nitrogens with one attached hydrogen (secondary N) is 2. The fourth-order valence-corrected chi connectivity index (χ4v) is 6.28. The van der Waals surface area contributed by atoms with E-state index in [0.29, 0.717) is 34.5 Å². The summed E-state index contributed by atoms with van der Waals surface area (Å²) >= 11 is 3.32. The molecule has 0 radical (unpaired) electrons. The number of hydrazine groups is 1. The molecule has 1 aliphatic heterocycles. The largest absolute Gasteiger partial charge is 0.464 e. The van der Waals surface area contributed by atoms with Crippen LogP contribution in [0.25, 0.3) is 0 Å². The van der Waals surface area contributed by atoms with Crippen LogP contribution in [-0.4, -0.2) is 41.2 Å². The van der Waals surface area contributed by atoms with Crippen molar-refractivity contribution in [2.24, 2.45) is 28.2 Å². The smallest absolute Gasteiger partial charge is 0.426 e. The molecule has 0 spiro atoms. The van der Waals surface area contributed by atoms with E-state index in [1.807, 2.05) is 13.8 Å². The van der Waals surface area contributed by atoms with Crippen molar-refractivity contribution < 1.29 is 27.8 Å². The second-order valence-electron chi connectivity index (χ2n) is 11.7. The third kappa shape index (κ3) is 4.98. The van der Waals surface area contributed by atoms with Gasteiger partial charge in [-0.2, -0.15) is 13.2 Å².